The predicted molar refractivity (Wildman–Crippen MR) is 102 cm³/mol. The Morgan fingerprint density at radius 3 is 2.70 bits per heavy atom. The van der Waals surface area contributed by atoms with Gasteiger partial charge in [-0.3, -0.25) is 19.3 Å². The summed E-state index contributed by atoms with van der Waals surface area (Å²) in [6.45, 7) is 6.48. The van der Waals surface area contributed by atoms with Crippen molar-refractivity contribution >= 4 is 11.8 Å². The number of carbonyl (C=O) groups is 2. The third-order valence-electron chi connectivity index (χ3n) is 5.09. The predicted octanol–water partition coefficient (Wildman–Crippen LogP) is 2.17. The van der Waals surface area contributed by atoms with E-state index in [0.717, 1.165) is 24.4 Å². The first-order chi connectivity index (χ1) is 13.1. The van der Waals surface area contributed by atoms with E-state index >= 15 is 0 Å². The van der Waals surface area contributed by atoms with Gasteiger partial charge in [-0.1, -0.05) is 13.0 Å². The SMILES string of the molecule is CCCn1ncc(C(=O)N2CCC(C(=O)NCc3ccccn3)CC2)c1C. The van der Waals surface area contributed by atoms with Crippen LogP contribution in [0.1, 0.15) is 47.9 Å². The highest BCUT2D eigenvalue weighted by Crippen LogP contribution is 2.20. The molecule has 2 aromatic rings. The van der Waals surface area contributed by atoms with Crippen LogP contribution in [-0.4, -0.2) is 44.6 Å². The summed E-state index contributed by atoms with van der Waals surface area (Å²) in [6, 6.07) is 5.65. The summed E-state index contributed by atoms with van der Waals surface area (Å²) >= 11 is 0. The Morgan fingerprint density at radius 2 is 2.04 bits per heavy atom. The molecule has 0 atom stereocenters. The molecule has 1 saturated heterocycles. The van der Waals surface area contributed by atoms with Crippen LogP contribution in [0.5, 0.6) is 0 Å². The fraction of sp³-hybridized carbons (Fsp3) is 0.500. The van der Waals surface area contributed by atoms with Crippen LogP contribution in [0.15, 0.2) is 30.6 Å². The van der Waals surface area contributed by atoms with Gasteiger partial charge in [0.2, 0.25) is 5.91 Å². The molecule has 7 nitrogen and oxygen atoms in total. The van der Waals surface area contributed by atoms with Gasteiger partial charge in [-0.05, 0) is 38.3 Å². The Balaban J connectivity index is 1.51. The van der Waals surface area contributed by atoms with E-state index in [1.54, 1.807) is 12.4 Å². The quantitative estimate of drug-likeness (QED) is 0.846. The number of rotatable bonds is 6. The van der Waals surface area contributed by atoms with Crippen molar-refractivity contribution in [2.45, 2.75) is 46.2 Å². The molecule has 0 saturated carbocycles. The maximum atomic E-state index is 12.8. The normalized spacial score (nSPS) is 15.0. The van der Waals surface area contributed by atoms with Crippen molar-refractivity contribution in [1.29, 1.82) is 0 Å². The van der Waals surface area contributed by atoms with E-state index < -0.39 is 0 Å². The van der Waals surface area contributed by atoms with Crippen LogP contribution in [0.4, 0.5) is 0 Å². The van der Waals surface area contributed by atoms with Crippen molar-refractivity contribution in [2.24, 2.45) is 5.92 Å². The van der Waals surface area contributed by atoms with Gasteiger partial charge in [-0.25, -0.2) is 0 Å². The Kier molecular flexibility index (Phi) is 6.21. The van der Waals surface area contributed by atoms with Crippen molar-refractivity contribution < 1.29 is 9.59 Å². The summed E-state index contributed by atoms with van der Waals surface area (Å²) in [5.41, 5.74) is 2.43. The van der Waals surface area contributed by atoms with Crippen LogP contribution < -0.4 is 5.32 Å². The summed E-state index contributed by atoms with van der Waals surface area (Å²) in [6.07, 6.45) is 5.73. The molecule has 0 aliphatic carbocycles. The number of piperidine rings is 1. The maximum Gasteiger partial charge on any atom is 0.257 e. The van der Waals surface area contributed by atoms with Crippen LogP contribution in [0.2, 0.25) is 0 Å². The van der Waals surface area contributed by atoms with E-state index in [1.807, 2.05) is 34.7 Å². The van der Waals surface area contributed by atoms with Crippen molar-refractivity contribution in [3.8, 4) is 0 Å². The third-order valence-corrected chi connectivity index (χ3v) is 5.09. The standard InChI is InChI=1S/C20H27N5O2/c1-3-10-25-15(2)18(14-23-25)20(27)24-11-7-16(8-12-24)19(26)22-13-17-6-4-5-9-21-17/h4-6,9,14,16H,3,7-8,10-13H2,1-2H3,(H,22,26). The molecule has 7 heteroatoms. The molecule has 3 heterocycles. The Bertz CT molecular complexity index is 779. The molecule has 0 spiro atoms. The van der Waals surface area contributed by atoms with Gasteiger partial charge in [0.05, 0.1) is 24.0 Å². The number of aryl methyl sites for hydroxylation is 1. The van der Waals surface area contributed by atoms with E-state index in [4.69, 9.17) is 0 Å². The number of nitrogens with one attached hydrogen (secondary N) is 1. The van der Waals surface area contributed by atoms with Crippen molar-refractivity contribution in [1.82, 2.24) is 25.0 Å². The maximum absolute atomic E-state index is 12.8. The van der Waals surface area contributed by atoms with E-state index in [1.165, 1.54) is 0 Å². The third kappa shape index (κ3) is 4.53. The average molecular weight is 369 g/mol. The number of likely N-dealkylation sites (tertiary alicyclic amines) is 1. The summed E-state index contributed by atoms with van der Waals surface area (Å²) in [5, 5.41) is 7.27. The minimum atomic E-state index is -0.0540. The second kappa shape index (κ2) is 8.79. The molecule has 3 rings (SSSR count). The first-order valence-electron chi connectivity index (χ1n) is 9.59. The minimum Gasteiger partial charge on any atom is -0.350 e. The largest absolute Gasteiger partial charge is 0.350 e. The first-order valence-corrected chi connectivity index (χ1v) is 9.59. The lowest BCUT2D eigenvalue weighted by Crippen LogP contribution is -2.43. The molecule has 1 aliphatic rings. The van der Waals surface area contributed by atoms with Gasteiger partial charge in [0.25, 0.3) is 5.91 Å². The van der Waals surface area contributed by atoms with Gasteiger partial charge in [-0.2, -0.15) is 5.10 Å². The topological polar surface area (TPSA) is 80.1 Å². The number of carbonyl (C=O) groups excluding carboxylic acids is 2. The molecule has 1 N–H and O–H groups in total. The molecule has 1 fully saturated rings. The zero-order valence-electron chi connectivity index (χ0n) is 16.0. The molecule has 2 aromatic heterocycles. The zero-order valence-corrected chi connectivity index (χ0v) is 16.0. The van der Waals surface area contributed by atoms with Crippen LogP contribution >= 0.6 is 0 Å². The monoisotopic (exact) mass is 369 g/mol. The molecule has 0 radical (unpaired) electrons. The number of nitrogens with zero attached hydrogens (tertiary/aromatic N) is 4. The van der Waals surface area contributed by atoms with Crippen LogP contribution in [0.3, 0.4) is 0 Å². The number of hydrogen-bond donors (Lipinski definition) is 1. The Morgan fingerprint density at radius 1 is 1.26 bits per heavy atom. The van der Waals surface area contributed by atoms with Crippen molar-refractivity contribution in [3.05, 3.63) is 47.5 Å². The second-order valence-electron chi connectivity index (χ2n) is 6.97. The highest BCUT2D eigenvalue weighted by Gasteiger charge is 2.29. The molecular weight excluding hydrogens is 342 g/mol. The molecule has 1 aliphatic heterocycles. The Hall–Kier alpha value is -2.70. The first kappa shape index (κ1) is 19.1. The van der Waals surface area contributed by atoms with Crippen LogP contribution in [0, 0.1) is 12.8 Å². The molecule has 2 amide bonds. The van der Waals surface area contributed by atoms with Gasteiger partial charge in [-0.15, -0.1) is 0 Å². The van der Waals surface area contributed by atoms with E-state index in [9.17, 15) is 9.59 Å². The van der Waals surface area contributed by atoms with Crippen molar-refractivity contribution in [3.63, 3.8) is 0 Å². The fourth-order valence-corrected chi connectivity index (χ4v) is 3.43. The number of pyridine rings is 1. The van der Waals surface area contributed by atoms with Crippen LogP contribution in [-0.2, 0) is 17.9 Å². The molecule has 0 unspecified atom stereocenters. The van der Waals surface area contributed by atoms with E-state index in [2.05, 4.69) is 22.3 Å². The molecule has 0 bridgehead atoms. The van der Waals surface area contributed by atoms with E-state index in [-0.39, 0.29) is 17.7 Å². The van der Waals surface area contributed by atoms with Gasteiger partial charge in [0, 0.05) is 37.4 Å². The highest BCUT2D eigenvalue weighted by molar-refractivity contribution is 5.95. The lowest BCUT2D eigenvalue weighted by atomic mass is 9.95. The lowest BCUT2D eigenvalue weighted by Gasteiger charge is -2.31. The molecule has 0 aromatic carbocycles. The summed E-state index contributed by atoms with van der Waals surface area (Å²) in [5.74, 6) is 0.00330. The number of amides is 2. The van der Waals surface area contributed by atoms with Gasteiger partial charge in [0.1, 0.15) is 0 Å². The second-order valence-corrected chi connectivity index (χ2v) is 6.97. The van der Waals surface area contributed by atoms with Gasteiger partial charge >= 0.3 is 0 Å². The molecule has 144 valence electrons. The number of hydrogen-bond acceptors (Lipinski definition) is 4. The summed E-state index contributed by atoms with van der Waals surface area (Å²) in [4.78, 5) is 31.2. The lowest BCUT2D eigenvalue weighted by molar-refractivity contribution is -0.126. The highest BCUT2D eigenvalue weighted by atomic mass is 16.2. The van der Waals surface area contributed by atoms with E-state index in [0.29, 0.717) is 38.0 Å². The number of aromatic nitrogens is 3. The summed E-state index contributed by atoms with van der Waals surface area (Å²) < 4.78 is 1.88. The average Bonchev–Trinajstić information content (AvgIpc) is 3.07. The van der Waals surface area contributed by atoms with Crippen molar-refractivity contribution in [2.75, 3.05) is 13.1 Å². The summed E-state index contributed by atoms with van der Waals surface area (Å²) in [7, 11) is 0. The fourth-order valence-electron chi connectivity index (χ4n) is 3.43. The smallest absolute Gasteiger partial charge is 0.257 e. The molecule has 27 heavy (non-hydrogen) atoms. The minimum absolute atomic E-state index is 0.0159. The molecular formula is C20H27N5O2. The Labute approximate surface area is 159 Å². The van der Waals surface area contributed by atoms with Gasteiger partial charge in [0.15, 0.2) is 0 Å². The zero-order chi connectivity index (χ0) is 19.2. The van der Waals surface area contributed by atoms with Crippen LogP contribution in [0.25, 0.3) is 0 Å². The van der Waals surface area contributed by atoms with Gasteiger partial charge < -0.3 is 10.2 Å².